The van der Waals surface area contributed by atoms with Gasteiger partial charge in [0.2, 0.25) is 0 Å². The Morgan fingerprint density at radius 1 is 1.40 bits per heavy atom. The van der Waals surface area contributed by atoms with Gasteiger partial charge in [-0.05, 0) is 17.7 Å². The third-order valence-corrected chi connectivity index (χ3v) is 2.78. The summed E-state index contributed by atoms with van der Waals surface area (Å²) in [5.41, 5.74) is 1.35. The minimum atomic E-state index is 0.946. The zero-order valence-corrected chi connectivity index (χ0v) is 6.97. The van der Waals surface area contributed by atoms with E-state index in [9.17, 15) is 0 Å². The Hall–Kier alpha value is -0.340. The summed E-state index contributed by atoms with van der Waals surface area (Å²) in [6.07, 6.45) is 8.38. The van der Waals surface area contributed by atoms with E-state index in [1.165, 1.54) is 10.5 Å². The second-order valence-corrected chi connectivity index (χ2v) is 3.75. The number of hydrogen-bond acceptors (Lipinski definition) is 2. The van der Waals surface area contributed by atoms with Crippen LogP contribution in [0.25, 0.3) is 0 Å². The Bertz CT molecular complexity index is 269. The van der Waals surface area contributed by atoms with Crippen LogP contribution in [0.4, 0.5) is 0 Å². The molecule has 0 aromatic rings. The summed E-state index contributed by atoms with van der Waals surface area (Å²) in [7, 11) is 0. The minimum absolute atomic E-state index is 0.946. The van der Waals surface area contributed by atoms with E-state index in [4.69, 9.17) is 12.2 Å². The van der Waals surface area contributed by atoms with Crippen LogP contribution in [0.2, 0.25) is 0 Å². The van der Waals surface area contributed by atoms with Crippen molar-refractivity contribution in [3.8, 4) is 0 Å². The van der Waals surface area contributed by atoms with Crippen LogP contribution >= 0.6 is 24.0 Å². The summed E-state index contributed by atoms with van der Waals surface area (Å²) in [4.78, 5) is 2.29. The van der Waals surface area contributed by atoms with Crippen LogP contribution in [-0.4, -0.2) is 10.6 Å². The summed E-state index contributed by atoms with van der Waals surface area (Å²) in [6, 6.07) is 0. The highest BCUT2D eigenvalue weighted by Crippen LogP contribution is 2.33. The molecule has 0 nitrogen and oxygen atoms in total. The van der Waals surface area contributed by atoms with Gasteiger partial charge in [0.05, 0.1) is 0 Å². The van der Waals surface area contributed by atoms with Crippen molar-refractivity contribution in [3.63, 3.8) is 0 Å². The smallest absolute Gasteiger partial charge is 0.0388 e. The van der Waals surface area contributed by atoms with Gasteiger partial charge in [0, 0.05) is 15.5 Å². The van der Waals surface area contributed by atoms with Gasteiger partial charge < -0.3 is 0 Å². The van der Waals surface area contributed by atoms with E-state index in [-0.39, 0.29) is 0 Å². The van der Waals surface area contributed by atoms with E-state index in [2.05, 4.69) is 18.2 Å². The number of fused-ring (bicyclic) bond motifs is 1. The first kappa shape index (κ1) is 6.38. The molecule has 0 radical (unpaired) electrons. The van der Waals surface area contributed by atoms with Gasteiger partial charge in [0.1, 0.15) is 0 Å². The molecule has 0 aromatic carbocycles. The van der Waals surface area contributed by atoms with Crippen LogP contribution in [0.1, 0.15) is 0 Å². The molecule has 0 amide bonds. The van der Waals surface area contributed by atoms with E-state index in [1.807, 2.05) is 17.8 Å². The van der Waals surface area contributed by atoms with E-state index < -0.39 is 0 Å². The van der Waals surface area contributed by atoms with Crippen molar-refractivity contribution in [2.24, 2.45) is 0 Å². The SMILES string of the molecule is S=C1C=CC2=CCSC2=C1. The number of hydrogen-bond donors (Lipinski definition) is 0. The van der Waals surface area contributed by atoms with Crippen LogP contribution in [0.15, 0.2) is 34.8 Å². The molecule has 0 N–H and O–H groups in total. The summed E-state index contributed by atoms with van der Waals surface area (Å²) in [6.45, 7) is 0. The lowest BCUT2D eigenvalue weighted by Gasteiger charge is -2.03. The molecule has 2 aliphatic rings. The van der Waals surface area contributed by atoms with Crippen molar-refractivity contribution in [1.82, 2.24) is 0 Å². The van der Waals surface area contributed by atoms with Crippen molar-refractivity contribution in [2.45, 2.75) is 0 Å². The van der Waals surface area contributed by atoms with E-state index in [0.29, 0.717) is 0 Å². The molecule has 50 valence electrons. The van der Waals surface area contributed by atoms with Gasteiger partial charge in [0.15, 0.2) is 0 Å². The maximum atomic E-state index is 5.03. The fraction of sp³-hybridized carbons (Fsp3) is 0.125. The summed E-state index contributed by atoms with van der Waals surface area (Å²) < 4.78 is 0. The first-order valence-corrected chi connectivity index (χ1v) is 4.53. The zero-order chi connectivity index (χ0) is 6.97. The van der Waals surface area contributed by atoms with Gasteiger partial charge in [-0.15, -0.1) is 11.8 Å². The normalized spacial score (nSPS) is 22.2. The third-order valence-electron chi connectivity index (χ3n) is 1.53. The zero-order valence-electron chi connectivity index (χ0n) is 5.33. The molecule has 0 saturated carbocycles. The molecule has 0 atom stereocenters. The third kappa shape index (κ3) is 0.976. The van der Waals surface area contributed by atoms with Crippen molar-refractivity contribution in [3.05, 3.63) is 34.8 Å². The molecule has 2 heteroatoms. The first-order valence-electron chi connectivity index (χ1n) is 3.13. The molecule has 0 unspecified atom stereocenters. The topological polar surface area (TPSA) is 0 Å². The molecule has 0 spiro atoms. The fourth-order valence-corrected chi connectivity index (χ4v) is 2.26. The molecule has 10 heavy (non-hydrogen) atoms. The second kappa shape index (κ2) is 2.36. The van der Waals surface area contributed by atoms with Gasteiger partial charge >= 0.3 is 0 Å². The predicted molar refractivity (Wildman–Crippen MR) is 50.4 cm³/mol. The molecule has 1 heterocycles. The van der Waals surface area contributed by atoms with Gasteiger partial charge in [-0.1, -0.05) is 24.4 Å². The monoisotopic (exact) mass is 166 g/mol. The van der Waals surface area contributed by atoms with Crippen LogP contribution in [0, 0.1) is 0 Å². The van der Waals surface area contributed by atoms with E-state index >= 15 is 0 Å². The summed E-state index contributed by atoms with van der Waals surface area (Å²) in [5.74, 6) is 1.11. The predicted octanol–water partition coefficient (Wildman–Crippen LogP) is 2.48. The highest BCUT2D eigenvalue weighted by Gasteiger charge is 2.12. The van der Waals surface area contributed by atoms with Gasteiger partial charge in [-0.2, -0.15) is 0 Å². The highest BCUT2D eigenvalue weighted by atomic mass is 32.2. The van der Waals surface area contributed by atoms with Gasteiger partial charge in [-0.3, -0.25) is 0 Å². The van der Waals surface area contributed by atoms with E-state index in [0.717, 1.165) is 10.6 Å². The number of thioether (sulfide) groups is 1. The largest absolute Gasteiger partial charge is 0.121 e. The van der Waals surface area contributed by atoms with Crippen molar-refractivity contribution < 1.29 is 0 Å². The maximum absolute atomic E-state index is 5.03. The first-order chi connectivity index (χ1) is 4.86. The Balaban J connectivity index is 2.43. The molecule has 1 aliphatic heterocycles. The van der Waals surface area contributed by atoms with Crippen molar-refractivity contribution in [1.29, 1.82) is 0 Å². The molecular formula is C8H6S2. The molecule has 2 rings (SSSR count). The number of rotatable bonds is 0. The molecule has 0 saturated heterocycles. The van der Waals surface area contributed by atoms with Gasteiger partial charge in [-0.25, -0.2) is 0 Å². The Labute approximate surface area is 69.7 Å². The van der Waals surface area contributed by atoms with Gasteiger partial charge in [0.25, 0.3) is 0 Å². The van der Waals surface area contributed by atoms with Crippen LogP contribution in [0.5, 0.6) is 0 Å². The second-order valence-electron chi connectivity index (χ2n) is 2.21. The quantitative estimate of drug-likeness (QED) is 0.507. The highest BCUT2D eigenvalue weighted by molar-refractivity contribution is 8.03. The molecule has 0 bridgehead atoms. The van der Waals surface area contributed by atoms with Crippen LogP contribution < -0.4 is 0 Å². The average Bonchev–Trinajstić information content (AvgIpc) is 2.33. The lowest BCUT2D eigenvalue weighted by molar-refractivity contribution is 1.64. The Morgan fingerprint density at radius 3 is 3.20 bits per heavy atom. The Kier molecular flexibility index (Phi) is 1.51. The fourth-order valence-electron chi connectivity index (χ4n) is 1.03. The van der Waals surface area contributed by atoms with E-state index in [1.54, 1.807) is 0 Å². The summed E-state index contributed by atoms with van der Waals surface area (Å²) >= 11 is 6.89. The molecule has 0 fully saturated rings. The maximum Gasteiger partial charge on any atom is 0.0388 e. The lowest BCUT2D eigenvalue weighted by Crippen LogP contribution is -1.91. The number of thiocarbonyl (C=S) groups is 1. The number of allylic oxidation sites excluding steroid dienone is 4. The standard InChI is InChI=1S/C8H6S2/c9-7-2-1-6-3-4-10-8(6)5-7/h1-3,5H,4H2. The Morgan fingerprint density at radius 2 is 2.30 bits per heavy atom. The lowest BCUT2D eigenvalue weighted by atomic mass is 10.1. The summed E-state index contributed by atoms with van der Waals surface area (Å²) in [5, 5.41) is 0. The minimum Gasteiger partial charge on any atom is -0.121 e. The van der Waals surface area contributed by atoms with Crippen LogP contribution in [-0.2, 0) is 0 Å². The average molecular weight is 166 g/mol. The molecular weight excluding hydrogens is 160 g/mol. The van der Waals surface area contributed by atoms with Crippen molar-refractivity contribution in [2.75, 3.05) is 5.75 Å². The van der Waals surface area contributed by atoms with Crippen LogP contribution in [0.3, 0.4) is 0 Å². The molecule has 1 aliphatic carbocycles. The molecule has 0 aromatic heterocycles. The van der Waals surface area contributed by atoms with Crippen molar-refractivity contribution >= 4 is 28.8 Å².